The van der Waals surface area contributed by atoms with Gasteiger partial charge in [-0.25, -0.2) is 0 Å². The maximum Gasteiger partial charge on any atom is 0.164 e. The van der Waals surface area contributed by atoms with Crippen molar-refractivity contribution in [2.24, 2.45) is 5.92 Å². The van der Waals surface area contributed by atoms with Gasteiger partial charge in [0.1, 0.15) is 0 Å². The van der Waals surface area contributed by atoms with E-state index in [-0.39, 0.29) is 5.78 Å². The summed E-state index contributed by atoms with van der Waals surface area (Å²) in [5, 5.41) is 0.428. The number of ether oxygens (including phenoxy) is 2. The molecule has 1 aromatic rings. The van der Waals surface area contributed by atoms with Crippen LogP contribution in [0.4, 0.5) is 0 Å². The van der Waals surface area contributed by atoms with Crippen LogP contribution in [-0.2, 0) is 0 Å². The highest BCUT2D eigenvalue weighted by Crippen LogP contribution is 2.36. The zero-order valence-corrected chi connectivity index (χ0v) is 11.4. The van der Waals surface area contributed by atoms with E-state index in [1.165, 1.54) is 6.42 Å². The van der Waals surface area contributed by atoms with E-state index in [0.717, 1.165) is 12.8 Å². The molecular formula is C14H17ClO3. The number of hydrogen-bond donors (Lipinski definition) is 0. The van der Waals surface area contributed by atoms with Crippen molar-refractivity contribution in [2.75, 3.05) is 14.2 Å². The van der Waals surface area contributed by atoms with E-state index in [1.54, 1.807) is 26.4 Å². The number of rotatable bonds is 5. The molecule has 1 fully saturated rings. The van der Waals surface area contributed by atoms with Crippen molar-refractivity contribution in [1.29, 1.82) is 0 Å². The van der Waals surface area contributed by atoms with E-state index in [4.69, 9.17) is 21.1 Å². The standard InChI is InChI=1S/C14H17ClO3/c1-17-13-7-10(11(15)8-14(13)18-2)12(16)6-9-4-3-5-9/h7-9H,3-6H2,1-2H3. The minimum absolute atomic E-state index is 0.0886. The molecule has 0 bridgehead atoms. The zero-order valence-electron chi connectivity index (χ0n) is 10.7. The van der Waals surface area contributed by atoms with Gasteiger partial charge in [0.15, 0.2) is 17.3 Å². The Balaban J connectivity index is 2.23. The molecule has 0 saturated heterocycles. The zero-order chi connectivity index (χ0) is 13.1. The van der Waals surface area contributed by atoms with E-state index < -0.39 is 0 Å². The Morgan fingerprint density at radius 1 is 1.28 bits per heavy atom. The molecule has 0 heterocycles. The highest BCUT2D eigenvalue weighted by atomic mass is 35.5. The van der Waals surface area contributed by atoms with E-state index in [2.05, 4.69) is 0 Å². The molecule has 0 radical (unpaired) electrons. The van der Waals surface area contributed by atoms with Crippen LogP contribution in [0.2, 0.25) is 5.02 Å². The summed E-state index contributed by atoms with van der Waals surface area (Å²) in [4.78, 5) is 12.2. The molecule has 3 nitrogen and oxygen atoms in total. The molecule has 1 aromatic carbocycles. The molecule has 0 spiro atoms. The molecule has 0 aliphatic heterocycles. The second-order valence-electron chi connectivity index (χ2n) is 4.61. The summed E-state index contributed by atoms with van der Waals surface area (Å²) in [6, 6.07) is 3.30. The number of benzene rings is 1. The molecule has 0 N–H and O–H groups in total. The first-order chi connectivity index (χ1) is 8.65. The van der Waals surface area contributed by atoms with Crippen molar-refractivity contribution < 1.29 is 14.3 Å². The lowest BCUT2D eigenvalue weighted by Gasteiger charge is -2.24. The lowest BCUT2D eigenvalue weighted by atomic mass is 9.81. The molecule has 18 heavy (non-hydrogen) atoms. The Labute approximate surface area is 112 Å². The van der Waals surface area contributed by atoms with Crippen LogP contribution in [0.5, 0.6) is 11.5 Å². The number of ketones is 1. The lowest BCUT2D eigenvalue weighted by Crippen LogP contribution is -2.16. The summed E-state index contributed by atoms with van der Waals surface area (Å²) >= 11 is 6.12. The van der Waals surface area contributed by atoms with E-state index >= 15 is 0 Å². The SMILES string of the molecule is COc1cc(Cl)c(C(=O)CC2CCC2)cc1OC. The first-order valence-electron chi connectivity index (χ1n) is 6.10. The van der Waals surface area contributed by atoms with Gasteiger partial charge in [-0.05, 0) is 12.0 Å². The summed E-state index contributed by atoms with van der Waals surface area (Å²) in [5.74, 6) is 1.70. The minimum atomic E-state index is 0.0886. The van der Waals surface area contributed by atoms with E-state index in [9.17, 15) is 4.79 Å². The Hall–Kier alpha value is -1.22. The van der Waals surface area contributed by atoms with Crippen LogP contribution in [0.25, 0.3) is 0 Å². The van der Waals surface area contributed by atoms with Gasteiger partial charge in [-0.2, -0.15) is 0 Å². The number of Topliss-reactive ketones (excluding diaryl/α,β-unsaturated/α-hetero) is 1. The lowest BCUT2D eigenvalue weighted by molar-refractivity contribution is 0.0936. The first kappa shape index (κ1) is 13.2. The molecule has 4 heteroatoms. The molecule has 0 atom stereocenters. The second kappa shape index (κ2) is 5.61. The molecule has 0 aromatic heterocycles. The van der Waals surface area contributed by atoms with Crippen LogP contribution in [0.15, 0.2) is 12.1 Å². The van der Waals surface area contributed by atoms with Crippen LogP contribution >= 0.6 is 11.6 Å². The van der Waals surface area contributed by atoms with Crippen LogP contribution in [0.1, 0.15) is 36.0 Å². The van der Waals surface area contributed by atoms with Gasteiger partial charge in [0, 0.05) is 18.1 Å². The smallest absolute Gasteiger partial charge is 0.164 e. The number of carbonyl (C=O) groups is 1. The van der Waals surface area contributed by atoms with Gasteiger partial charge in [-0.1, -0.05) is 30.9 Å². The fraction of sp³-hybridized carbons (Fsp3) is 0.500. The number of carbonyl (C=O) groups excluding carboxylic acids is 1. The summed E-state index contributed by atoms with van der Waals surface area (Å²) in [6.07, 6.45) is 4.11. The third kappa shape index (κ3) is 2.61. The monoisotopic (exact) mass is 268 g/mol. The summed E-state index contributed by atoms with van der Waals surface area (Å²) in [5.41, 5.74) is 0.529. The van der Waals surface area contributed by atoms with E-state index in [1.807, 2.05) is 0 Å². The molecule has 98 valence electrons. The van der Waals surface area contributed by atoms with Crippen LogP contribution in [0.3, 0.4) is 0 Å². The summed E-state index contributed by atoms with van der Waals surface area (Å²) in [7, 11) is 3.09. The fourth-order valence-corrected chi connectivity index (χ4v) is 2.40. The van der Waals surface area contributed by atoms with Gasteiger partial charge in [-0.3, -0.25) is 4.79 Å². The molecular weight excluding hydrogens is 252 g/mol. The maximum absolute atomic E-state index is 12.2. The van der Waals surface area contributed by atoms with Gasteiger partial charge in [0.05, 0.1) is 19.2 Å². The second-order valence-corrected chi connectivity index (χ2v) is 5.02. The number of methoxy groups -OCH3 is 2. The molecule has 0 amide bonds. The first-order valence-corrected chi connectivity index (χ1v) is 6.48. The third-order valence-corrected chi connectivity index (χ3v) is 3.79. The normalized spacial score (nSPS) is 15.1. The Morgan fingerprint density at radius 3 is 2.39 bits per heavy atom. The van der Waals surface area contributed by atoms with Gasteiger partial charge in [0.2, 0.25) is 0 Å². The van der Waals surface area contributed by atoms with Gasteiger partial charge in [-0.15, -0.1) is 0 Å². The molecule has 1 saturated carbocycles. The van der Waals surface area contributed by atoms with Crippen molar-refractivity contribution in [3.05, 3.63) is 22.7 Å². The van der Waals surface area contributed by atoms with Crippen LogP contribution in [-0.4, -0.2) is 20.0 Å². The Bertz CT molecular complexity index is 453. The molecule has 1 aliphatic rings. The van der Waals surface area contributed by atoms with Gasteiger partial charge >= 0.3 is 0 Å². The summed E-state index contributed by atoms with van der Waals surface area (Å²) < 4.78 is 10.3. The van der Waals surface area contributed by atoms with Crippen molar-refractivity contribution >= 4 is 17.4 Å². The van der Waals surface area contributed by atoms with Crippen LogP contribution < -0.4 is 9.47 Å². The Morgan fingerprint density at radius 2 is 1.89 bits per heavy atom. The van der Waals surface area contributed by atoms with Crippen LogP contribution in [0, 0.1) is 5.92 Å². The van der Waals surface area contributed by atoms with Gasteiger partial charge in [0.25, 0.3) is 0 Å². The van der Waals surface area contributed by atoms with Gasteiger partial charge < -0.3 is 9.47 Å². The maximum atomic E-state index is 12.2. The quantitative estimate of drug-likeness (QED) is 0.764. The average molecular weight is 269 g/mol. The highest BCUT2D eigenvalue weighted by molar-refractivity contribution is 6.34. The van der Waals surface area contributed by atoms with Crippen molar-refractivity contribution in [2.45, 2.75) is 25.7 Å². The van der Waals surface area contributed by atoms with Crippen molar-refractivity contribution in [3.63, 3.8) is 0 Å². The van der Waals surface area contributed by atoms with E-state index in [0.29, 0.717) is 34.4 Å². The largest absolute Gasteiger partial charge is 0.493 e. The van der Waals surface area contributed by atoms with Crippen molar-refractivity contribution in [1.82, 2.24) is 0 Å². The molecule has 2 rings (SSSR count). The average Bonchev–Trinajstić information content (AvgIpc) is 2.33. The topological polar surface area (TPSA) is 35.5 Å². The fourth-order valence-electron chi connectivity index (χ4n) is 2.14. The summed E-state index contributed by atoms with van der Waals surface area (Å²) in [6.45, 7) is 0. The predicted octanol–water partition coefficient (Wildman–Crippen LogP) is 3.73. The molecule has 1 aliphatic carbocycles. The van der Waals surface area contributed by atoms with Crippen molar-refractivity contribution in [3.8, 4) is 11.5 Å². The third-order valence-electron chi connectivity index (χ3n) is 3.47. The predicted molar refractivity (Wildman–Crippen MR) is 70.8 cm³/mol. The number of halogens is 1. The minimum Gasteiger partial charge on any atom is -0.493 e. The Kier molecular flexibility index (Phi) is 4.12. The number of hydrogen-bond acceptors (Lipinski definition) is 3. The molecule has 0 unspecified atom stereocenters. The highest BCUT2D eigenvalue weighted by Gasteiger charge is 2.23.